The van der Waals surface area contributed by atoms with Crippen molar-refractivity contribution in [1.29, 1.82) is 0 Å². The molecular formula is C27H24F3N3O. The predicted molar refractivity (Wildman–Crippen MR) is 125 cm³/mol. The molecule has 0 spiro atoms. The van der Waals surface area contributed by atoms with Crippen LogP contribution in [0.1, 0.15) is 29.5 Å². The second-order valence-corrected chi connectivity index (χ2v) is 8.83. The molecule has 1 aromatic heterocycles. The van der Waals surface area contributed by atoms with Crippen LogP contribution in [0.3, 0.4) is 0 Å². The predicted octanol–water partition coefficient (Wildman–Crippen LogP) is 5.77. The Bertz CT molecular complexity index is 1330. The highest BCUT2D eigenvalue weighted by atomic mass is 19.4. The molecule has 0 radical (unpaired) electrons. The Balaban J connectivity index is 1.51. The van der Waals surface area contributed by atoms with Gasteiger partial charge in [-0.05, 0) is 59.7 Å². The number of alkyl halides is 3. The summed E-state index contributed by atoms with van der Waals surface area (Å²) in [6, 6.07) is 21.1. The van der Waals surface area contributed by atoms with Crippen molar-refractivity contribution in [2.45, 2.75) is 37.9 Å². The average molecular weight is 464 g/mol. The molecule has 0 unspecified atom stereocenters. The first-order valence-electron chi connectivity index (χ1n) is 11.3. The van der Waals surface area contributed by atoms with Gasteiger partial charge < -0.3 is 9.88 Å². The lowest BCUT2D eigenvalue weighted by molar-refractivity contribution is -0.141. The van der Waals surface area contributed by atoms with Gasteiger partial charge in [-0.3, -0.25) is 4.79 Å². The van der Waals surface area contributed by atoms with E-state index in [9.17, 15) is 18.0 Å². The average Bonchev–Trinajstić information content (AvgIpc) is 3.34. The van der Waals surface area contributed by atoms with Crippen molar-refractivity contribution < 1.29 is 18.0 Å². The van der Waals surface area contributed by atoms with E-state index in [4.69, 9.17) is 0 Å². The van der Waals surface area contributed by atoms with Gasteiger partial charge in [-0.1, -0.05) is 54.6 Å². The number of amides is 1. The van der Waals surface area contributed by atoms with Gasteiger partial charge in [0.15, 0.2) is 0 Å². The molecule has 1 aliphatic rings. The van der Waals surface area contributed by atoms with E-state index >= 15 is 0 Å². The van der Waals surface area contributed by atoms with Crippen LogP contribution < -0.4 is 5.32 Å². The third kappa shape index (κ3) is 3.75. The summed E-state index contributed by atoms with van der Waals surface area (Å²) in [7, 11) is 0. The minimum Gasteiger partial charge on any atom is -0.346 e. The molecule has 0 bridgehead atoms. The molecule has 0 atom stereocenters. The first kappa shape index (κ1) is 22.2. The SMILES string of the molecule is Cc1ccc2c(c1)ncn2CCCC1(C(=O)NCC(F)(F)F)c2ccccc2-c2ccccc21. The lowest BCUT2D eigenvalue weighted by Gasteiger charge is -2.31. The number of imidazole rings is 1. The van der Waals surface area contributed by atoms with Crippen LogP contribution in [-0.2, 0) is 16.8 Å². The van der Waals surface area contributed by atoms with E-state index in [1.54, 1.807) is 6.33 Å². The van der Waals surface area contributed by atoms with E-state index in [1.165, 1.54) is 0 Å². The van der Waals surface area contributed by atoms with Crippen molar-refractivity contribution in [3.8, 4) is 11.1 Å². The fourth-order valence-corrected chi connectivity index (χ4v) is 5.15. The van der Waals surface area contributed by atoms with Crippen molar-refractivity contribution in [2.24, 2.45) is 0 Å². The van der Waals surface area contributed by atoms with Crippen molar-refractivity contribution in [1.82, 2.24) is 14.9 Å². The molecule has 7 heteroatoms. The maximum atomic E-state index is 13.6. The fourth-order valence-electron chi connectivity index (χ4n) is 5.15. The summed E-state index contributed by atoms with van der Waals surface area (Å²) >= 11 is 0. The Kier molecular flexibility index (Phi) is 5.42. The number of hydrogen-bond acceptors (Lipinski definition) is 2. The number of nitrogens with one attached hydrogen (secondary N) is 1. The van der Waals surface area contributed by atoms with E-state index in [2.05, 4.69) is 10.3 Å². The Hall–Kier alpha value is -3.61. The van der Waals surface area contributed by atoms with E-state index < -0.39 is 24.0 Å². The summed E-state index contributed by atoms with van der Waals surface area (Å²) in [6.07, 6.45) is -1.75. The summed E-state index contributed by atoms with van der Waals surface area (Å²) in [5, 5.41) is 2.18. The second-order valence-electron chi connectivity index (χ2n) is 8.83. The summed E-state index contributed by atoms with van der Waals surface area (Å²) in [6.45, 7) is 1.25. The minimum absolute atomic E-state index is 0.371. The highest BCUT2D eigenvalue weighted by molar-refractivity contribution is 6.00. The molecule has 0 saturated heterocycles. The van der Waals surface area contributed by atoms with Gasteiger partial charge in [-0.25, -0.2) is 4.98 Å². The van der Waals surface area contributed by atoms with Gasteiger partial charge in [0.25, 0.3) is 0 Å². The first-order valence-corrected chi connectivity index (χ1v) is 11.3. The molecule has 1 amide bonds. The van der Waals surface area contributed by atoms with Crippen LogP contribution in [0.25, 0.3) is 22.2 Å². The number of fused-ring (bicyclic) bond motifs is 4. The Morgan fingerprint density at radius 1 is 1.00 bits per heavy atom. The smallest absolute Gasteiger partial charge is 0.346 e. The zero-order valence-corrected chi connectivity index (χ0v) is 18.7. The summed E-state index contributed by atoms with van der Waals surface area (Å²) in [4.78, 5) is 18.0. The topological polar surface area (TPSA) is 46.9 Å². The maximum absolute atomic E-state index is 13.6. The van der Waals surface area contributed by atoms with Gasteiger partial charge in [0, 0.05) is 6.54 Å². The fraction of sp³-hybridized carbons (Fsp3) is 0.259. The van der Waals surface area contributed by atoms with E-state index in [0.29, 0.717) is 19.4 Å². The molecule has 5 rings (SSSR count). The van der Waals surface area contributed by atoms with Crippen molar-refractivity contribution in [2.75, 3.05) is 6.54 Å². The lowest BCUT2D eigenvalue weighted by Crippen LogP contribution is -2.47. The molecule has 0 saturated carbocycles. The lowest BCUT2D eigenvalue weighted by atomic mass is 9.73. The van der Waals surface area contributed by atoms with Crippen LogP contribution in [-0.4, -0.2) is 28.2 Å². The van der Waals surface area contributed by atoms with Crippen LogP contribution in [0, 0.1) is 6.92 Å². The Morgan fingerprint density at radius 2 is 1.65 bits per heavy atom. The molecule has 1 N–H and O–H groups in total. The zero-order chi connectivity index (χ0) is 23.9. The molecule has 0 fully saturated rings. The number of carbonyl (C=O) groups is 1. The molecule has 4 nitrogen and oxygen atoms in total. The number of rotatable bonds is 6. The summed E-state index contributed by atoms with van der Waals surface area (Å²) in [5.74, 6) is -0.617. The monoisotopic (exact) mass is 463 g/mol. The van der Waals surface area contributed by atoms with Gasteiger partial charge in [0.2, 0.25) is 5.91 Å². The van der Waals surface area contributed by atoms with Crippen LogP contribution >= 0.6 is 0 Å². The highest BCUT2D eigenvalue weighted by Crippen LogP contribution is 2.51. The van der Waals surface area contributed by atoms with Gasteiger partial charge in [-0.15, -0.1) is 0 Å². The molecule has 174 valence electrons. The van der Waals surface area contributed by atoms with E-state index in [0.717, 1.165) is 38.9 Å². The summed E-state index contributed by atoms with van der Waals surface area (Å²) in [5.41, 5.74) is 5.11. The molecule has 1 heterocycles. The van der Waals surface area contributed by atoms with E-state index in [1.807, 2.05) is 78.2 Å². The number of carbonyl (C=O) groups excluding carboxylic acids is 1. The Morgan fingerprint density at radius 3 is 2.29 bits per heavy atom. The van der Waals surface area contributed by atoms with Gasteiger partial charge in [0.1, 0.15) is 12.0 Å². The van der Waals surface area contributed by atoms with Gasteiger partial charge in [-0.2, -0.15) is 13.2 Å². The molecule has 34 heavy (non-hydrogen) atoms. The van der Waals surface area contributed by atoms with E-state index in [-0.39, 0.29) is 0 Å². The standard InChI is InChI=1S/C27H24F3N3O/c1-18-11-12-24-23(15-18)32-17-33(24)14-6-13-26(25(34)31-16-27(28,29)30)21-9-4-2-7-19(21)20-8-3-5-10-22(20)26/h2-5,7-12,15,17H,6,13-14,16H2,1H3,(H,31,34). The quantitative estimate of drug-likeness (QED) is 0.395. The minimum atomic E-state index is -4.48. The normalized spacial score (nSPS) is 14.1. The van der Waals surface area contributed by atoms with Gasteiger partial charge >= 0.3 is 6.18 Å². The molecule has 3 aromatic carbocycles. The zero-order valence-electron chi connectivity index (χ0n) is 18.7. The number of nitrogens with zero attached hydrogens (tertiary/aromatic N) is 2. The third-order valence-electron chi connectivity index (χ3n) is 6.63. The second kappa shape index (κ2) is 8.31. The number of benzene rings is 3. The van der Waals surface area contributed by atoms with Crippen LogP contribution in [0.15, 0.2) is 73.1 Å². The molecular weight excluding hydrogens is 439 g/mol. The third-order valence-corrected chi connectivity index (χ3v) is 6.63. The van der Waals surface area contributed by atoms with Gasteiger partial charge in [0.05, 0.1) is 17.4 Å². The number of aromatic nitrogens is 2. The molecule has 0 aliphatic heterocycles. The maximum Gasteiger partial charge on any atom is 0.405 e. The van der Waals surface area contributed by atoms with Crippen LogP contribution in [0.4, 0.5) is 13.2 Å². The van der Waals surface area contributed by atoms with Crippen molar-refractivity contribution >= 4 is 16.9 Å². The number of hydrogen-bond donors (Lipinski definition) is 1. The van der Waals surface area contributed by atoms with Crippen LogP contribution in [0.5, 0.6) is 0 Å². The summed E-state index contributed by atoms with van der Waals surface area (Å²) < 4.78 is 41.1. The van der Waals surface area contributed by atoms with Crippen LogP contribution in [0.2, 0.25) is 0 Å². The largest absolute Gasteiger partial charge is 0.405 e. The molecule has 1 aliphatic carbocycles. The Labute approximate surface area is 195 Å². The van der Waals surface area contributed by atoms with Crippen molar-refractivity contribution in [3.05, 3.63) is 89.7 Å². The number of aryl methyl sites for hydroxylation is 2. The first-order chi connectivity index (χ1) is 16.3. The van der Waals surface area contributed by atoms with Crippen molar-refractivity contribution in [3.63, 3.8) is 0 Å². The molecule has 4 aromatic rings. The highest BCUT2D eigenvalue weighted by Gasteiger charge is 2.49. The number of halogens is 3.